The van der Waals surface area contributed by atoms with E-state index in [4.69, 9.17) is 5.11 Å². The predicted octanol–water partition coefficient (Wildman–Crippen LogP) is 1.74. The van der Waals surface area contributed by atoms with E-state index in [-0.39, 0.29) is 0 Å². The van der Waals surface area contributed by atoms with Gasteiger partial charge in [0.15, 0.2) is 0 Å². The first-order valence-electron chi connectivity index (χ1n) is 3.92. The first-order chi connectivity index (χ1) is 6.09. The second kappa shape index (κ2) is 3.77. The van der Waals surface area contributed by atoms with E-state index in [1.165, 1.54) is 5.56 Å². The molecule has 0 aliphatic heterocycles. The van der Waals surface area contributed by atoms with Gasteiger partial charge in [-0.05, 0) is 37.1 Å². The lowest BCUT2D eigenvalue weighted by atomic mass is 10.1. The van der Waals surface area contributed by atoms with Crippen molar-refractivity contribution in [2.75, 3.05) is 0 Å². The SMILES string of the molecule is Cc1ccc(C#CC(=O)O)cc1C. The second-order valence-corrected chi connectivity index (χ2v) is 2.85. The van der Waals surface area contributed by atoms with Gasteiger partial charge in [0.2, 0.25) is 0 Å². The van der Waals surface area contributed by atoms with Crippen LogP contribution >= 0.6 is 0 Å². The number of hydrogen-bond donors (Lipinski definition) is 1. The zero-order valence-corrected chi connectivity index (χ0v) is 7.59. The van der Waals surface area contributed by atoms with Gasteiger partial charge < -0.3 is 5.11 Å². The van der Waals surface area contributed by atoms with Crippen molar-refractivity contribution in [2.45, 2.75) is 13.8 Å². The summed E-state index contributed by atoms with van der Waals surface area (Å²) >= 11 is 0. The van der Waals surface area contributed by atoms with Gasteiger partial charge >= 0.3 is 5.97 Å². The predicted molar refractivity (Wildman–Crippen MR) is 50.4 cm³/mol. The molecule has 0 saturated heterocycles. The molecule has 0 atom stereocenters. The zero-order chi connectivity index (χ0) is 9.84. The Morgan fingerprint density at radius 1 is 1.31 bits per heavy atom. The maximum atomic E-state index is 10.2. The largest absolute Gasteiger partial charge is 0.472 e. The van der Waals surface area contributed by atoms with Crippen molar-refractivity contribution in [3.63, 3.8) is 0 Å². The number of rotatable bonds is 0. The lowest BCUT2D eigenvalue weighted by Crippen LogP contribution is -1.88. The Hall–Kier alpha value is -1.75. The summed E-state index contributed by atoms with van der Waals surface area (Å²) in [5.41, 5.74) is 3.04. The van der Waals surface area contributed by atoms with E-state index in [2.05, 4.69) is 11.8 Å². The van der Waals surface area contributed by atoms with E-state index in [1.54, 1.807) is 0 Å². The van der Waals surface area contributed by atoms with Crippen molar-refractivity contribution in [2.24, 2.45) is 0 Å². The molecule has 1 aromatic carbocycles. The average molecular weight is 174 g/mol. The molecule has 0 bridgehead atoms. The second-order valence-electron chi connectivity index (χ2n) is 2.85. The first-order valence-corrected chi connectivity index (χ1v) is 3.92. The first kappa shape index (κ1) is 9.34. The van der Waals surface area contributed by atoms with E-state index < -0.39 is 5.97 Å². The van der Waals surface area contributed by atoms with Crippen LogP contribution in [-0.2, 0) is 4.79 Å². The maximum absolute atomic E-state index is 10.2. The van der Waals surface area contributed by atoms with Crippen LogP contribution in [0, 0.1) is 25.7 Å². The van der Waals surface area contributed by atoms with Gasteiger partial charge in [0.25, 0.3) is 0 Å². The summed E-state index contributed by atoms with van der Waals surface area (Å²) in [6.45, 7) is 3.98. The van der Waals surface area contributed by atoms with E-state index in [0.717, 1.165) is 11.1 Å². The monoisotopic (exact) mass is 174 g/mol. The molecule has 13 heavy (non-hydrogen) atoms. The Morgan fingerprint density at radius 3 is 2.54 bits per heavy atom. The molecule has 0 amide bonds. The molecule has 0 aliphatic carbocycles. The maximum Gasteiger partial charge on any atom is 0.382 e. The van der Waals surface area contributed by atoms with Crippen LogP contribution in [0.4, 0.5) is 0 Å². The molecular formula is C11H10O2. The Morgan fingerprint density at radius 2 is 2.00 bits per heavy atom. The standard InChI is InChI=1S/C11H10O2/c1-8-3-4-10(7-9(8)2)5-6-11(12)13/h3-4,7H,1-2H3,(H,12,13). The quantitative estimate of drug-likeness (QED) is 0.608. The topological polar surface area (TPSA) is 37.3 Å². The fraction of sp³-hybridized carbons (Fsp3) is 0.182. The number of carboxylic acids is 1. The van der Waals surface area contributed by atoms with Crippen molar-refractivity contribution < 1.29 is 9.90 Å². The van der Waals surface area contributed by atoms with Crippen LogP contribution in [0.15, 0.2) is 18.2 Å². The molecule has 1 N–H and O–H groups in total. The van der Waals surface area contributed by atoms with E-state index >= 15 is 0 Å². The molecule has 0 heterocycles. The highest BCUT2D eigenvalue weighted by Gasteiger charge is 1.93. The van der Waals surface area contributed by atoms with E-state index in [0.29, 0.717) is 0 Å². The number of benzene rings is 1. The zero-order valence-electron chi connectivity index (χ0n) is 7.59. The van der Waals surface area contributed by atoms with Gasteiger partial charge in [0.1, 0.15) is 0 Å². The molecule has 1 aromatic rings. The van der Waals surface area contributed by atoms with Crippen LogP contribution in [0.5, 0.6) is 0 Å². The molecule has 66 valence electrons. The summed E-state index contributed by atoms with van der Waals surface area (Å²) in [5.74, 6) is 3.54. The van der Waals surface area contributed by atoms with Crippen LogP contribution in [0.3, 0.4) is 0 Å². The van der Waals surface area contributed by atoms with Crippen LogP contribution < -0.4 is 0 Å². The lowest BCUT2D eigenvalue weighted by molar-refractivity contribution is -0.130. The fourth-order valence-corrected chi connectivity index (χ4v) is 0.945. The highest BCUT2D eigenvalue weighted by Crippen LogP contribution is 2.08. The summed E-state index contributed by atoms with van der Waals surface area (Å²) in [6.07, 6.45) is 0. The molecule has 0 radical (unpaired) electrons. The Balaban J connectivity index is 3.00. The van der Waals surface area contributed by atoms with E-state index in [1.807, 2.05) is 32.0 Å². The van der Waals surface area contributed by atoms with Gasteiger partial charge in [0, 0.05) is 11.5 Å². The van der Waals surface area contributed by atoms with Crippen LogP contribution in [0.25, 0.3) is 0 Å². The molecule has 0 spiro atoms. The normalized spacial score (nSPS) is 8.77. The van der Waals surface area contributed by atoms with Gasteiger partial charge in [-0.1, -0.05) is 12.0 Å². The van der Waals surface area contributed by atoms with Gasteiger partial charge in [-0.3, -0.25) is 0 Å². The molecule has 0 aliphatic rings. The molecule has 0 aromatic heterocycles. The third-order valence-electron chi connectivity index (χ3n) is 1.82. The number of carboxylic acid groups (broad SMARTS) is 1. The number of hydrogen-bond acceptors (Lipinski definition) is 1. The van der Waals surface area contributed by atoms with Crippen molar-refractivity contribution >= 4 is 5.97 Å². The van der Waals surface area contributed by atoms with Crippen molar-refractivity contribution in [1.82, 2.24) is 0 Å². The number of carbonyl (C=O) groups is 1. The summed E-state index contributed by atoms with van der Waals surface area (Å²) < 4.78 is 0. The molecule has 0 fully saturated rings. The summed E-state index contributed by atoms with van der Waals surface area (Å²) in [5, 5.41) is 8.33. The van der Waals surface area contributed by atoms with E-state index in [9.17, 15) is 4.79 Å². The number of aryl methyl sites for hydroxylation is 2. The van der Waals surface area contributed by atoms with Gasteiger partial charge in [-0.25, -0.2) is 4.79 Å². The van der Waals surface area contributed by atoms with Crippen LogP contribution in [0.2, 0.25) is 0 Å². The minimum Gasteiger partial charge on any atom is -0.472 e. The van der Waals surface area contributed by atoms with Crippen LogP contribution in [-0.4, -0.2) is 11.1 Å². The molecule has 0 unspecified atom stereocenters. The van der Waals surface area contributed by atoms with Crippen molar-refractivity contribution in [1.29, 1.82) is 0 Å². The Bertz CT molecular complexity index is 394. The summed E-state index contributed by atoms with van der Waals surface area (Å²) in [6, 6.07) is 5.63. The fourth-order valence-electron chi connectivity index (χ4n) is 0.945. The van der Waals surface area contributed by atoms with Gasteiger partial charge in [-0.15, -0.1) is 0 Å². The minimum atomic E-state index is -1.10. The Kier molecular flexibility index (Phi) is 2.71. The molecule has 0 saturated carbocycles. The summed E-state index contributed by atoms with van der Waals surface area (Å²) in [4.78, 5) is 10.2. The third-order valence-corrected chi connectivity index (χ3v) is 1.82. The van der Waals surface area contributed by atoms with Crippen molar-refractivity contribution in [3.8, 4) is 11.8 Å². The van der Waals surface area contributed by atoms with Gasteiger partial charge in [0.05, 0.1) is 0 Å². The molecule has 2 heteroatoms. The average Bonchev–Trinajstić information content (AvgIpc) is 2.07. The minimum absolute atomic E-state index is 0.741. The molecular weight excluding hydrogens is 164 g/mol. The molecule has 2 nitrogen and oxygen atoms in total. The third kappa shape index (κ3) is 2.64. The van der Waals surface area contributed by atoms with Crippen LogP contribution in [0.1, 0.15) is 16.7 Å². The van der Waals surface area contributed by atoms with Crippen molar-refractivity contribution in [3.05, 3.63) is 34.9 Å². The highest BCUT2D eigenvalue weighted by molar-refractivity contribution is 5.87. The number of aliphatic carboxylic acids is 1. The van der Waals surface area contributed by atoms with Gasteiger partial charge in [-0.2, -0.15) is 0 Å². The Labute approximate surface area is 77.2 Å². The highest BCUT2D eigenvalue weighted by atomic mass is 16.4. The lowest BCUT2D eigenvalue weighted by Gasteiger charge is -1.98. The smallest absolute Gasteiger partial charge is 0.382 e. The molecule has 1 rings (SSSR count). The summed E-state index contributed by atoms with van der Waals surface area (Å²) in [7, 11) is 0.